The number of carbonyl (C=O) groups is 2. The van der Waals surface area contributed by atoms with Crippen LogP contribution in [0.3, 0.4) is 0 Å². The Bertz CT molecular complexity index is 952. The van der Waals surface area contributed by atoms with Crippen molar-refractivity contribution in [2.75, 3.05) is 6.54 Å². The zero-order valence-corrected chi connectivity index (χ0v) is 14.0. The fourth-order valence-electron chi connectivity index (χ4n) is 2.30. The topological polar surface area (TPSA) is 142 Å². The molecule has 0 spiro atoms. The van der Waals surface area contributed by atoms with E-state index in [2.05, 4.69) is 0 Å². The number of rotatable bonds is 7. The summed E-state index contributed by atoms with van der Waals surface area (Å²) in [4.78, 5) is 46.2. The van der Waals surface area contributed by atoms with Crippen LogP contribution in [0.25, 0.3) is 0 Å². The molecule has 0 radical (unpaired) electrons. The Balaban J connectivity index is 2.37. The molecule has 150 valence electrons. The Hall–Kier alpha value is -3.64. The summed E-state index contributed by atoms with van der Waals surface area (Å²) in [5, 5.41) is 10.9. The number of halogens is 3. The Labute approximate surface area is 154 Å². The van der Waals surface area contributed by atoms with Gasteiger partial charge in [0.25, 0.3) is 17.2 Å². The molecule has 0 saturated heterocycles. The van der Waals surface area contributed by atoms with E-state index in [1.165, 1.54) is 18.4 Å². The average Bonchev–Trinajstić information content (AvgIpc) is 3.07. The van der Waals surface area contributed by atoms with Crippen LogP contribution < -0.4 is 11.3 Å². The zero-order chi connectivity index (χ0) is 21.1. The van der Waals surface area contributed by atoms with Crippen molar-refractivity contribution < 1.29 is 32.1 Å². The maximum Gasteiger partial charge on any atom is 0.406 e. The molecule has 0 unspecified atom stereocenters. The smallest absolute Gasteiger partial charge is 0.406 e. The van der Waals surface area contributed by atoms with Gasteiger partial charge in [-0.05, 0) is 12.1 Å². The number of amides is 2. The van der Waals surface area contributed by atoms with E-state index >= 15 is 0 Å². The van der Waals surface area contributed by atoms with Crippen molar-refractivity contribution in [3.8, 4) is 0 Å². The number of hydrogen-bond donors (Lipinski definition) is 1. The molecular formula is C15H13F3N4O6. The molecule has 2 rings (SSSR count). The summed E-state index contributed by atoms with van der Waals surface area (Å²) in [5.41, 5.74) is 2.35. The van der Waals surface area contributed by atoms with E-state index in [1.807, 2.05) is 0 Å². The molecule has 13 heteroatoms. The molecule has 0 bridgehead atoms. The highest BCUT2D eigenvalue weighted by Crippen LogP contribution is 2.19. The Morgan fingerprint density at radius 2 is 2.04 bits per heavy atom. The van der Waals surface area contributed by atoms with Crippen LogP contribution >= 0.6 is 0 Å². The largest absolute Gasteiger partial charge is 0.467 e. The first-order valence-corrected chi connectivity index (χ1v) is 7.53. The van der Waals surface area contributed by atoms with Crippen LogP contribution in [0.1, 0.15) is 16.1 Å². The lowest BCUT2D eigenvalue weighted by molar-refractivity contribution is -0.385. The van der Waals surface area contributed by atoms with Crippen LogP contribution in [0.2, 0.25) is 0 Å². The molecule has 0 fully saturated rings. The first-order chi connectivity index (χ1) is 13.0. The average molecular weight is 402 g/mol. The molecular weight excluding hydrogens is 389 g/mol. The number of nitrogens with two attached hydrogens (primary N) is 1. The predicted molar refractivity (Wildman–Crippen MR) is 86.1 cm³/mol. The number of pyridine rings is 1. The molecule has 2 N–H and O–H groups in total. The first-order valence-electron chi connectivity index (χ1n) is 7.53. The Morgan fingerprint density at radius 1 is 1.36 bits per heavy atom. The fraction of sp³-hybridized carbons (Fsp3) is 0.267. The number of aromatic nitrogens is 1. The van der Waals surface area contributed by atoms with Gasteiger partial charge in [0.1, 0.15) is 24.4 Å². The molecule has 10 nitrogen and oxygen atoms in total. The molecule has 0 saturated carbocycles. The fourth-order valence-corrected chi connectivity index (χ4v) is 2.30. The third kappa shape index (κ3) is 5.18. The van der Waals surface area contributed by atoms with Gasteiger partial charge < -0.3 is 15.1 Å². The van der Waals surface area contributed by atoms with Crippen LogP contribution in [0.15, 0.2) is 39.9 Å². The van der Waals surface area contributed by atoms with Gasteiger partial charge in [-0.15, -0.1) is 0 Å². The van der Waals surface area contributed by atoms with Crippen LogP contribution in [-0.4, -0.2) is 38.9 Å². The number of hydrogen-bond acceptors (Lipinski definition) is 6. The van der Waals surface area contributed by atoms with E-state index < -0.39 is 59.4 Å². The molecule has 0 aliphatic carbocycles. The summed E-state index contributed by atoms with van der Waals surface area (Å²) in [7, 11) is 0. The van der Waals surface area contributed by atoms with Crippen molar-refractivity contribution in [2.45, 2.75) is 19.3 Å². The van der Waals surface area contributed by atoms with E-state index in [1.54, 1.807) is 0 Å². The maximum absolute atomic E-state index is 12.8. The highest BCUT2D eigenvalue weighted by Gasteiger charge is 2.33. The van der Waals surface area contributed by atoms with E-state index in [0.717, 1.165) is 0 Å². The molecule has 0 aliphatic rings. The first kappa shape index (κ1) is 20.7. The number of alkyl halides is 3. The van der Waals surface area contributed by atoms with Crippen molar-refractivity contribution in [3.63, 3.8) is 0 Å². The van der Waals surface area contributed by atoms with Crippen molar-refractivity contribution in [1.29, 1.82) is 0 Å². The highest BCUT2D eigenvalue weighted by atomic mass is 19.4. The summed E-state index contributed by atoms with van der Waals surface area (Å²) in [6.45, 7) is -3.16. The van der Waals surface area contributed by atoms with Gasteiger partial charge >= 0.3 is 6.18 Å². The monoisotopic (exact) mass is 402 g/mol. The van der Waals surface area contributed by atoms with E-state index in [-0.39, 0.29) is 5.76 Å². The predicted octanol–water partition coefficient (Wildman–Crippen LogP) is 1.04. The van der Waals surface area contributed by atoms with Crippen LogP contribution in [0.5, 0.6) is 0 Å². The summed E-state index contributed by atoms with van der Waals surface area (Å²) < 4.78 is 43.8. The number of primary amides is 1. The maximum atomic E-state index is 12.8. The third-order valence-electron chi connectivity index (χ3n) is 3.50. The number of furan rings is 1. The summed E-state index contributed by atoms with van der Waals surface area (Å²) in [6, 6.07) is 3.39. The molecule has 2 heterocycles. The number of carbonyl (C=O) groups excluding carboxylic acids is 2. The normalized spacial score (nSPS) is 11.2. The van der Waals surface area contributed by atoms with E-state index in [0.29, 0.717) is 21.7 Å². The van der Waals surface area contributed by atoms with Gasteiger partial charge in [-0.1, -0.05) is 0 Å². The Morgan fingerprint density at radius 3 is 2.54 bits per heavy atom. The van der Waals surface area contributed by atoms with Crippen LogP contribution in [0, 0.1) is 10.1 Å². The van der Waals surface area contributed by atoms with Crippen molar-refractivity contribution in [1.82, 2.24) is 9.47 Å². The van der Waals surface area contributed by atoms with E-state index in [9.17, 15) is 37.7 Å². The minimum Gasteiger partial charge on any atom is -0.467 e. The van der Waals surface area contributed by atoms with Crippen LogP contribution in [-0.2, 0) is 17.9 Å². The molecule has 28 heavy (non-hydrogen) atoms. The second-order valence-electron chi connectivity index (χ2n) is 5.61. The molecule has 0 aliphatic heterocycles. The standard InChI is InChI=1S/C15H13F3N4O6/c16-15(17,18)8-21(6-10-2-1-3-28-10)12(23)7-20-5-9(22(26)27)4-11(13(19)24)14(20)25/h1-5H,6-8H2,(H2,19,24). The molecule has 2 aromatic rings. The zero-order valence-electron chi connectivity index (χ0n) is 14.0. The summed E-state index contributed by atoms with van der Waals surface area (Å²) in [6.07, 6.45) is -2.89. The van der Waals surface area contributed by atoms with Gasteiger partial charge in [-0.25, -0.2) is 0 Å². The van der Waals surface area contributed by atoms with Crippen molar-refractivity contribution >= 4 is 17.5 Å². The summed E-state index contributed by atoms with van der Waals surface area (Å²) >= 11 is 0. The minimum atomic E-state index is -4.74. The van der Waals surface area contributed by atoms with Gasteiger partial charge in [-0.3, -0.25) is 29.1 Å². The highest BCUT2D eigenvalue weighted by molar-refractivity contribution is 5.93. The molecule has 0 atom stereocenters. The Kier molecular flexibility index (Phi) is 5.86. The lowest BCUT2D eigenvalue weighted by Gasteiger charge is -2.23. The van der Waals surface area contributed by atoms with Gasteiger partial charge in [0.2, 0.25) is 5.91 Å². The van der Waals surface area contributed by atoms with Gasteiger partial charge in [0, 0.05) is 6.07 Å². The third-order valence-corrected chi connectivity index (χ3v) is 3.50. The quantitative estimate of drug-likeness (QED) is 0.542. The second-order valence-corrected chi connectivity index (χ2v) is 5.61. The molecule has 0 aromatic carbocycles. The molecule has 2 amide bonds. The van der Waals surface area contributed by atoms with E-state index in [4.69, 9.17) is 10.2 Å². The summed E-state index contributed by atoms with van der Waals surface area (Å²) in [5.74, 6) is -2.40. The molecule has 2 aromatic heterocycles. The van der Waals surface area contributed by atoms with Gasteiger partial charge in [0.15, 0.2) is 0 Å². The second kappa shape index (κ2) is 7.94. The SMILES string of the molecule is NC(=O)c1cc([N+](=O)[O-])cn(CC(=O)N(Cc2ccco2)CC(F)(F)F)c1=O. The lowest BCUT2D eigenvalue weighted by atomic mass is 10.2. The number of nitrogens with zero attached hydrogens (tertiary/aromatic N) is 3. The minimum absolute atomic E-state index is 0.0572. The number of nitro groups is 1. The van der Waals surface area contributed by atoms with Crippen LogP contribution in [0.4, 0.5) is 18.9 Å². The lowest BCUT2D eigenvalue weighted by Crippen LogP contribution is -2.42. The van der Waals surface area contributed by atoms with Gasteiger partial charge in [-0.2, -0.15) is 13.2 Å². The van der Waals surface area contributed by atoms with Crippen molar-refractivity contribution in [2.24, 2.45) is 5.73 Å². The van der Waals surface area contributed by atoms with Gasteiger partial charge in [0.05, 0.1) is 23.9 Å². The van der Waals surface area contributed by atoms with Crippen molar-refractivity contribution in [3.05, 3.63) is 62.5 Å².